The summed E-state index contributed by atoms with van der Waals surface area (Å²) in [6, 6.07) is -1.04. The van der Waals surface area contributed by atoms with Crippen LogP contribution in [0, 0.1) is 0 Å². The van der Waals surface area contributed by atoms with Gasteiger partial charge in [-0.2, -0.15) is 0 Å². The van der Waals surface area contributed by atoms with Gasteiger partial charge in [-0.05, 0) is 40.5 Å². The third kappa shape index (κ3) is 4.41. The Kier molecular flexibility index (Phi) is 5.95. The van der Waals surface area contributed by atoms with E-state index >= 15 is 0 Å². The maximum Gasteiger partial charge on any atom is 0.321 e. The second kappa shape index (κ2) is 6.93. The molecule has 0 amide bonds. The number of hydrogen-bond acceptors (Lipinski definition) is 6. The molecule has 3 N–H and O–H groups in total. The molecule has 0 aromatic carbocycles. The van der Waals surface area contributed by atoms with E-state index in [1.165, 1.54) is 0 Å². The van der Waals surface area contributed by atoms with Gasteiger partial charge in [0.15, 0.2) is 0 Å². The maximum atomic E-state index is 11.8. The molecule has 0 aliphatic carbocycles. The molecule has 0 aromatic heterocycles. The standard InChI is InChI=1S/C15H27NO6/c1-14(2)8-10(18)9-15(3,4)16(14)11(13(20)21)7-12(19)22-6-5-17/h10-11,17-18H,5-9H2,1-4H3,(H,20,21). The molecule has 1 aliphatic heterocycles. The topological polar surface area (TPSA) is 107 Å². The molecule has 0 saturated carbocycles. The summed E-state index contributed by atoms with van der Waals surface area (Å²) in [4.78, 5) is 25.3. The largest absolute Gasteiger partial charge is 0.480 e. The first-order valence-corrected chi connectivity index (χ1v) is 7.48. The Morgan fingerprint density at radius 2 is 1.73 bits per heavy atom. The summed E-state index contributed by atoms with van der Waals surface area (Å²) in [5, 5.41) is 28.3. The number of aliphatic hydroxyl groups is 2. The average molecular weight is 317 g/mol. The second-order valence-electron chi connectivity index (χ2n) is 7.06. The number of esters is 1. The number of rotatable bonds is 6. The van der Waals surface area contributed by atoms with Gasteiger partial charge in [-0.15, -0.1) is 0 Å². The van der Waals surface area contributed by atoms with Gasteiger partial charge in [-0.25, -0.2) is 0 Å². The molecule has 0 bridgehead atoms. The number of aliphatic carboxylic acids is 1. The second-order valence-corrected chi connectivity index (χ2v) is 7.06. The van der Waals surface area contributed by atoms with Crippen molar-refractivity contribution in [2.45, 2.75) is 70.2 Å². The monoisotopic (exact) mass is 317 g/mol. The highest BCUT2D eigenvalue weighted by molar-refractivity contribution is 5.81. The van der Waals surface area contributed by atoms with Gasteiger partial charge in [0.25, 0.3) is 0 Å². The minimum absolute atomic E-state index is 0.142. The first kappa shape index (κ1) is 18.9. The van der Waals surface area contributed by atoms with Crippen LogP contribution in [0.2, 0.25) is 0 Å². The first-order valence-electron chi connectivity index (χ1n) is 7.48. The number of carbonyl (C=O) groups excluding carboxylic acids is 1. The predicted molar refractivity (Wildman–Crippen MR) is 79.3 cm³/mol. The van der Waals surface area contributed by atoms with Crippen LogP contribution in [0.3, 0.4) is 0 Å². The smallest absolute Gasteiger partial charge is 0.321 e. The molecule has 1 aliphatic rings. The van der Waals surface area contributed by atoms with Crippen LogP contribution in [-0.4, -0.2) is 68.6 Å². The predicted octanol–water partition coefficient (Wildman–Crippen LogP) is 0.379. The van der Waals surface area contributed by atoms with E-state index in [0.717, 1.165) is 0 Å². The van der Waals surface area contributed by atoms with Crippen LogP contribution in [0.4, 0.5) is 0 Å². The molecule has 22 heavy (non-hydrogen) atoms. The van der Waals surface area contributed by atoms with Gasteiger partial charge in [-0.3, -0.25) is 14.5 Å². The van der Waals surface area contributed by atoms with Crippen LogP contribution in [0.25, 0.3) is 0 Å². The number of ether oxygens (including phenoxy) is 1. The van der Waals surface area contributed by atoms with Gasteiger partial charge < -0.3 is 20.1 Å². The highest BCUT2D eigenvalue weighted by Gasteiger charge is 2.50. The zero-order valence-electron chi connectivity index (χ0n) is 13.7. The minimum Gasteiger partial charge on any atom is -0.480 e. The Bertz CT molecular complexity index is 402. The summed E-state index contributed by atoms with van der Waals surface area (Å²) in [6.45, 7) is 7.03. The van der Waals surface area contributed by atoms with E-state index in [0.29, 0.717) is 12.8 Å². The molecular formula is C15H27NO6. The number of piperidine rings is 1. The summed E-state index contributed by atoms with van der Waals surface area (Å²) in [7, 11) is 0. The number of carboxylic acids is 1. The fraction of sp³-hybridized carbons (Fsp3) is 0.867. The van der Waals surface area contributed by atoms with Crippen molar-refractivity contribution in [3.05, 3.63) is 0 Å². The average Bonchev–Trinajstić information content (AvgIpc) is 2.31. The van der Waals surface area contributed by atoms with Crippen molar-refractivity contribution in [2.75, 3.05) is 13.2 Å². The maximum absolute atomic E-state index is 11.8. The van der Waals surface area contributed by atoms with Crippen LogP contribution < -0.4 is 0 Å². The van der Waals surface area contributed by atoms with Crippen molar-refractivity contribution in [1.82, 2.24) is 4.90 Å². The summed E-state index contributed by atoms with van der Waals surface area (Å²) in [5.74, 6) is -1.75. The molecule has 7 heteroatoms. The van der Waals surface area contributed by atoms with Gasteiger partial charge in [0.2, 0.25) is 0 Å². The van der Waals surface area contributed by atoms with Crippen molar-refractivity contribution in [3.63, 3.8) is 0 Å². The van der Waals surface area contributed by atoms with Gasteiger partial charge in [0.05, 0.1) is 19.1 Å². The van der Waals surface area contributed by atoms with Gasteiger partial charge in [0, 0.05) is 11.1 Å². The van der Waals surface area contributed by atoms with Crippen molar-refractivity contribution >= 4 is 11.9 Å². The zero-order chi connectivity index (χ0) is 17.1. The Morgan fingerprint density at radius 1 is 1.23 bits per heavy atom. The Morgan fingerprint density at radius 3 is 2.14 bits per heavy atom. The number of carbonyl (C=O) groups is 2. The molecule has 1 rings (SSSR count). The Balaban J connectivity index is 3.02. The van der Waals surface area contributed by atoms with Gasteiger partial charge in [-0.1, -0.05) is 0 Å². The van der Waals surface area contributed by atoms with Crippen LogP contribution in [-0.2, 0) is 14.3 Å². The van der Waals surface area contributed by atoms with Crippen molar-refractivity contribution < 1.29 is 29.6 Å². The highest BCUT2D eigenvalue weighted by Crippen LogP contribution is 2.40. The lowest BCUT2D eigenvalue weighted by atomic mass is 9.76. The first-order chi connectivity index (χ1) is 10.0. The number of hydrogen-bond donors (Lipinski definition) is 3. The molecule has 0 spiro atoms. The number of likely N-dealkylation sites (tertiary alicyclic amines) is 1. The van der Waals surface area contributed by atoms with Crippen LogP contribution in [0.15, 0.2) is 0 Å². The Labute approximate surface area is 130 Å². The third-order valence-corrected chi connectivity index (χ3v) is 4.09. The fourth-order valence-electron chi connectivity index (χ4n) is 3.75. The summed E-state index contributed by atoms with van der Waals surface area (Å²) >= 11 is 0. The van der Waals surface area contributed by atoms with Gasteiger partial charge in [0.1, 0.15) is 12.6 Å². The van der Waals surface area contributed by atoms with Crippen LogP contribution in [0.1, 0.15) is 47.0 Å². The molecule has 1 saturated heterocycles. The van der Waals surface area contributed by atoms with Crippen molar-refractivity contribution in [1.29, 1.82) is 0 Å². The molecule has 128 valence electrons. The molecule has 7 nitrogen and oxygen atoms in total. The van der Waals surface area contributed by atoms with Crippen LogP contribution >= 0.6 is 0 Å². The van der Waals surface area contributed by atoms with E-state index in [1.54, 1.807) is 4.90 Å². The van der Waals surface area contributed by atoms with E-state index in [-0.39, 0.29) is 19.6 Å². The lowest BCUT2D eigenvalue weighted by Crippen LogP contribution is -2.67. The fourth-order valence-corrected chi connectivity index (χ4v) is 3.75. The summed E-state index contributed by atoms with van der Waals surface area (Å²) in [5.41, 5.74) is -1.14. The third-order valence-electron chi connectivity index (χ3n) is 4.09. The lowest BCUT2D eigenvalue weighted by molar-refractivity contribution is -0.167. The van der Waals surface area contributed by atoms with E-state index in [4.69, 9.17) is 9.84 Å². The number of carboxylic acid groups (broad SMARTS) is 1. The van der Waals surface area contributed by atoms with E-state index in [9.17, 15) is 19.8 Å². The summed E-state index contributed by atoms with van der Waals surface area (Å²) < 4.78 is 4.79. The molecule has 1 unspecified atom stereocenters. The lowest BCUT2D eigenvalue weighted by Gasteiger charge is -2.56. The quantitative estimate of drug-likeness (QED) is 0.608. The minimum atomic E-state index is -1.10. The summed E-state index contributed by atoms with van der Waals surface area (Å²) in [6.07, 6.45) is 0.0767. The zero-order valence-corrected chi connectivity index (χ0v) is 13.7. The molecule has 0 radical (unpaired) electrons. The van der Waals surface area contributed by atoms with E-state index < -0.39 is 35.2 Å². The Hall–Kier alpha value is -1.18. The van der Waals surface area contributed by atoms with Crippen LogP contribution in [0.5, 0.6) is 0 Å². The molecular weight excluding hydrogens is 290 g/mol. The molecule has 1 heterocycles. The van der Waals surface area contributed by atoms with Crippen molar-refractivity contribution in [2.24, 2.45) is 0 Å². The molecule has 1 atom stereocenters. The highest BCUT2D eigenvalue weighted by atomic mass is 16.5. The van der Waals surface area contributed by atoms with Gasteiger partial charge >= 0.3 is 11.9 Å². The van der Waals surface area contributed by atoms with Crippen molar-refractivity contribution in [3.8, 4) is 0 Å². The number of nitrogens with zero attached hydrogens (tertiary/aromatic N) is 1. The van der Waals surface area contributed by atoms with E-state index in [1.807, 2.05) is 27.7 Å². The number of aliphatic hydroxyl groups excluding tert-OH is 2. The molecule has 1 fully saturated rings. The SMILES string of the molecule is CC1(C)CC(O)CC(C)(C)N1C(CC(=O)OCCO)C(=O)O. The molecule has 0 aromatic rings. The van der Waals surface area contributed by atoms with E-state index in [2.05, 4.69) is 0 Å². The normalized spacial score (nSPS) is 23.0.